The Morgan fingerprint density at radius 3 is 1.54 bits per heavy atom. The fraction of sp³-hybridized carbons (Fsp3) is 0. The molecule has 6 rings (SSSR count). The molecule has 0 bridgehead atoms. The minimum Gasteiger partial charge on any atom is -0.208 e. The molecule has 0 fully saturated rings. The predicted octanol–water partition coefficient (Wildman–Crippen LogP) is 8.35. The molecule has 0 radical (unpaired) electrons. The summed E-state index contributed by atoms with van der Waals surface area (Å²) < 4.78 is 0. The second kappa shape index (κ2) is 9.13. The van der Waals surface area contributed by atoms with E-state index in [0.29, 0.717) is 22.5 Å². The Bertz CT molecular complexity index is 1590. The lowest BCUT2D eigenvalue weighted by atomic mass is 9.99. The van der Waals surface area contributed by atoms with E-state index in [1.54, 1.807) is 0 Å². The average Bonchev–Trinajstić information content (AvgIpc) is 2.94. The Kier molecular flexibility index (Phi) is 5.53. The van der Waals surface area contributed by atoms with Gasteiger partial charge >= 0.3 is 0 Å². The van der Waals surface area contributed by atoms with E-state index in [4.69, 9.17) is 26.6 Å². The van der Waals surface area contributed by atoms with Crippen molar-refractivity contribution in [2.24, 2.45) is 0 Å². The normalized spacial score (nSPS) is 11.0. The summed E-state index contributed by atoms with van der Waals surface area (Å²) in [5, 5.41) is 3.05. The Labute approximate surface area is 208 Å². The molecule has 0 aliphatic rings. The van der Waals surface area contributed by atoms with Crippen LogP contribution < -0.4 is 0 Å². The molecule has 3 nitrogen and oxygen atoms in total. The summed E-state index contributed by atoms with van der Waals surface area (Å²) in [4.78, 5) is 14.5. The van der Waals surface area contributed by atoms with Gasteiger partial charge in [0.15, 0.2) is 17.5 Å². The van der Waals surface area contributed by atoms with Crippen molar-refractivity contribution in [1.29, 1.82) is 0 Å². The van der Waals surface area contributed by atoms with E-state index >= 15 is 0 Å². The Morgan fingerprint density at radius 1 is 0.400 bits per heavy atom. The zero-order valence-electron chi connectivity index (χ0n) is 18.8. The molecular weight excluding hydrogens is 450 g/mol. The molecular formula is C31H20ClN3. The van der Waals surface area contributed by atoms with Crippen LogP contribution in [0.2, 0.25) is 5.02 Å². The number of nitrogens with zero attached hydrogens (tertiary/aromatic N) is 3. The van der Waals surface area contributed by atoms with Gasteiger partial charge in [-0.2, -0.15) is 0 Å². The molecule has 0 aliphatic heterocycles. The number of hydrogen-bond acceptors (Lipinski definition) is 3. The average molecular weight is 470 g/mol. The van der Waals surface area contributed by atoms with E-state index in [1.807, 2.05) is 84.9 Å². The lowest BCUT2D eigenvalue weighted by Crippen LogP contribution is -2.00. The van der Waals surface area contributed by atoms with Crippen LogP contribution in [0, 0.1) is 0 Å². The third-order valence-corrected chi connectivity index (χ3v) is 6.31. The molecule has 0 spiro atoms. The molecule has 1 heterocycles. The van der Waals surface area contributed by atoms with Crippen LogP contribution in [0.25, 0.3) is 56.1 Å². The van der Waals surface area contributed by atoms with E-state index in [9.17, 15) is 0 Å². The van der Waals surface area contributed by atoms with Gasteiger partial charge in [-0.3, -0.25) is 0 Å². The van der Waals surface area contributed by atoms with Crippen LogP contribution in [-0.2, 0) is 0 Å². The van der Waals surface area contributed by atoms with Gasteiger partial charge in [0.1, 0.15) is 0 Å². The molecule has 6 aromatic rings. The third-order valence-electron chi connectivity index (χ3n) is 5.98. The second-order valence-electron chi connectivity index (χ2n) is 8.29. The largest absolute Gasteiger partial charge is 0.208 e. The van der Waals surface area contributed by atoms with Gasteiger partial charge in [0.2, 0.25) is 0 Å². The van der Waals surface area contributed by atoms with Crippen LogP contribution in [-0.4, -0.2) is 15.0 Å². The van der Waals surface area contributed by atoms with E-state index in [2.05, 4.69) is 36.4 Å². The van der Waals surface area contributed by atoms with Crippen molar-refractivity contribution in [2.45, 2.75) is 0 Å². The molecule has 0 aliphatic carbocycles. The SMILES string of the molecule is Clc1ccc(-c2nc(-c3ccccc3)nc(-c3ccccc3)n2)cc1-c1ccc2ccccc2c1. The minimum atomic E-state index is 0.608. The Morgan fingerprint density at radius 2 is 0.914 bits per heavy atom. The maximum Gasteiger partial charge on any atom is 0.164 e. The van der Waals surface area contributed by atoms with Crippen LogP contribution in [0.1, 0.15) is 0 Å². The molecule has 0 saturated carbocycles. The van der Waals surface area contributed by atoms with Gasteiger partial charge in [0.25, 0.3) is 0 Å². The smallest absolute Gasteiger partial charge is 0.164 e. The standard InChI is InChI=1S/C31H20ClN3/c32-28-18-17-26(20-27(28)25-16-15-21-9-7-8-14-24(21)19-25)31-34-29(22-10-3-1-4-11-22)33-30(35-31)23-12-5-2-6-13-23/h1-20H. The molecule has 0 atom stereocenters. The van der Waals surface area contributed by atoms with Crippen LogP contribution >= 0.6 is 11.6 Å². The molecule has 5 aromatic carbocycles. The number of benzene rings is 5. The summed E-state index contributed by atoms with van der Waals surface area (Å²) >= 11 is 6.67. The summed E-state index contributed by atoms with van der Waals surface area (Å²) in [6, 6.07) is 40.6. The molecule has 0 N–H and O–H groups in total. The molecule has 166 valence electrons. The van der Waals surface area contributed by atoms with Crippen molar-refractivity contribution < 1.29 is 0 Å². The van der Waals surface area contributed by atoms with E-state index in [1.165, 1.54) is 10.8 Å². The fourth-order valence-corrected chi connectivity index (χ4v) is 4.41. The van der Waals surface area contributed by atoms with Crippen LogP contribution in [0.5, 0.6) is 0 Å². The summed E-state index contributed by atoms with van der Waals surface area (Å²) in [7, 11) is 0. The number of aromatic nitrogens is 3. The first-order valence-electron chi connectivity index (χ1n) is 11.4. The zero-order valence-corrected chi connectivity index (χ0v) is 19.5. The zero-order chi connectivity index (χ0) is 23.6. The van der Waals surface area contributed by atoms with Gasteiger partial charge in [-0.25, -0.2) is 15.0 Å². The molecule has 0 amide bonds. The van der Waals surface area contributed by atoms with Crippen molar-refractivity contribution in [1.82, 2.24) is 15.0 Å². The van der Waals surface area contributed by atoms with Crippen molar-refractivity contribution in [3.05, 3.63) is 126 Å². The molecule has 0 unspecified atom stereocenters. The predicted molar refractivity (Wildman–Crippen MR) is 144 cm³/mol. The van der Waals surface area contributed by atoms with Gasteiger partial charge in [-0.1, -0.05) is 109 Å². The van der Waals surface area contributed by atoms with Gasteiger partial charge in [-0.05, 0) is 40.6 Å². The number of rotatable bonds is 4. The maximum absolute atomic E-state index is 6.67. The first kappa shape index (κ1) is 21.2. The third kappa shape index (κ3) is 4.30. The number of halogens is 1. The monoisotopic (exact) mass is 469 g/mol. The fourth-order valence-electron chi connectivity index (χ4n) is 4.18. The number of fused-ring (bicyclic) bond motifs is 1. The van der Waals surface area contributed by atoms with Crippen LogP contribution in [0.3, 0.4) is 0 Å². The highest BCUT2D eigenvalue weighted by Gasteiger charge is 2.14. The summed E-state index contributed by atoms with van der Waals surface area (Å²) in [6.07, 6.45) is 0. The Hall–Kier alpha value is -4.34. The number of hydrogen-bond donors (Lipinski definition) is 0. The lowest BCUT2D eigenvalue weighted by Gasteiger charge is -2.11. The van der Waals surface area contributed by atoms with E-state index < -0.39 is 0 Å². The molecule has 4 heteroatoms. The summed E-state index contributed by atoms with van der Waals surface area (Å²) in [5.41, 5.74) is 4.76. The highest BCUT2D eigenvalue weighted by molar-refractivity contribution is 6.33. The van der Waals surface area contributed by atoms with E-state index in [0.717, 1.165) is 27.8 Å². The maximum atomic E-state index is 6.67. The highest BCUT2D eigenvalue weighted by Crippen LogP contribution is 2.34. The van der Waals surface area contributed by atoms with Crippen LogP contribution in [0.15, 0.2) is 121 Å². The Balaban J connectivity index is 1.51. The van der Waals surface area contributed by atoms with Crippen molar-refractivity contribution in [3.63, 3.8) is 0 Å². The summed E-state index contributed by atoms with van der Waals surface area (Å²) in [6.45, 7) is 0. The molecule has 1 aromatic heterocycles. The summed E-state index contributed by atoms with van der Waals surface area (Å²) in [5.74, 6) is 1.88. The molecule has 0 saturated heterocycles. The highest BCUT2D eigenvalue weighted by atomic mass is 35.5. The van der Waals surface area contributed by atoms with Crippen LogP contribution in [0.4, 0.5) is 0 Å². The van der Waals surface area contributed by atoms with Gasteiger partial charge in [0.05, 0.1) is 0 Å². The van der Waals surface area contributed by atoms with Crippen molar-refractivity contribution in [2.75, 3.05) is 0 Å². The van der Waals surface area contributed by atoms with Gasteiger partial charge in [0, 0.05) is 27.3 Å². The van der Waals surface area contributed by atoms with E-state index in [-0.39, 0.29) is 0 Å². The quantitative estimate of drug-likeness (QED) is 0.260. The lowest BCUT2D eigenvalue weighted by molar-refractivity contribution is 1.07. The van der Waals surface area contributed by atoms with Gasteiger partial charge in [-0.15, -0.1) is 0 Å². The van der Waals surface area contributed by atoms with Crippen molar-refractivity contribution in [3.8, 4) is 45.3 Å². The topological polar surface area (TPSA) is 38.7 Å². The van der Waals surface area contributed by atoms with Crippen molar-refractivity contribution >= 4 is 22.4 Å². The second-order valence-corrected chi connectivity index (χ2v) is 8.70. The van der Waals surface area contributed by atoms with Gasteiger partial charge < -0.3 is 0 Å². The first-order valence-corrected chi connectivity index (χ1v) is 11.8. The molecule has 35 heavy (non-hydrogen) atoms. The first-order chi connectivity index (χ1) is 17.2. The minimum absolute atomic E-state index is 0.608.